The van der Waals surface area contributed by atoms with E-state index in [2.05, 4.69) is 11.2 Å². The maximum atomic E-state index is 11.1. The molecule has 1 rings (SSSR count). The van der Waals surface area contributed by atoms with Crippen LogP contribution in [0.1, 0.15) is 19.8 Å². The maximum Gasteiger partial charge on any atom is 0.333 e. The maximum absolute atomic E-state index is 11.1. The Morgan fingerprint density at radius 3 is 2.83 bits per heavy atom. The van der Waals surface area contributed by atoms with Crippen LogP contribution in [0.4, 0.5) is 11.4 Å². The van der Waals surface area contributed by atoms with Gasteiger partial charge >= 0.3 is 5.69 Å². The van der Waals surface area contributed by atoms with Crippen LogP contribution in [0.15, 0.2) is 18.2 Å². The molecule has 1 aromatic rings. The molecule has 0 radical (unpaired) electrons. The van der Waals surface area contributed by atoms with E-state index < -0.39 is 4.92 Å². The molecule has 0 aliphatic heterocycles. The first kappa shape index (κ1) is 13.8. The zero-order valence-corrected chi connectivity index (χ0v) is 10.5. The second-order valence-corrected chi connectivity index (χ2v) is 3.77. The molecule has 1 N–H and O–H groups in total. The van der Waals surface area contributed by atoms with Gasteiger partial charge in [0.25, 0.3) is 0 Å². The van der Waals surface area contributed by atoms with Crippen molar-refractivity contribution < 1.29 is 9.66 Å². The van der Waals surface area contributed by atoms with Crippen molar-refractivity contribution >= 4 is 11.4 Å². The average Bonchev–Trinajstić information content (AvgIpc) is 2.37. The lowest BCUT2D eigenvalue weighted by molar-refractivity contribution is -0.384. The van der Waals surface area contributed by atoms with Crippen molar-refractivity contribution in [1.82, 2.24) is 0 Å². The molecule has 5 nitrogen and oxygen atoms in total. The molecule has 0 saturated heterocycles. The van der Waals surface area contributed by atoms with Crippen LogP contribution in [-0.4, -0.2) is 18.1 Å². The summed E-state index contributed by atoms with van der Waals surface area (Å²) in [5.41, 5.74) is 0.298. The number of methoxy groups -OCH3 is 1. The van der Waals surface area contributed by atoms with Gasteiger partial charge < -0.3 is 10.1 Å². The average molecular weight is 248 g/mol. The highest BCUT2D eigenvalue weighted by Crippen LogP contribution is 2.34. The van der Waals surface area contributed by atoms with E-state index >= 15 is 0 Å². The van der Waals surface area contributed by atoms with Crippen molar-refractivity contribution in [3.63, 3.8) is 0 Å². The van der Waals surface area contributed by atoms with Gasteiger partial charge in [-0.3, -0.25) is 10.1 Å². The topological polar surface area (TPSA) is 64.4 Å². The minimum atomic E-state index is -0.472. The first-order valence-corrected chi connectivity index (χ1v) is 5.68. The van der Waals surface area contributed by atoms with E-state index in [-0.39, 0.29) is 17.5 Å². The summed E-state index contributed by atoms with van der Waals surface area (Å²) in [5, 5.41) is 14.1. The van der Waals surface area contributed by atoms with Crippen LogP contribution in [0, 0.1) is 22.5 Å². The third-order valence-electron chi connectivity index (χ3n) is 2.51. The molecule has 0 spiro atoms. The van der Waals surface area contributed by atoms with Crippen LogP contribution in [0.2, 0.25) is 0 Å². The van der Waals surface area contributed by atoms with Gasteiger partial charge in [-0.1, -0.05) is 25.3 Å². The number of hydrogen-bond acceptors (Lipinski definition) is 4. The number of nitro groups is 1. The Labute approximate surface area is 106 Å². The zero-order valence-electron chi connectivity index (χ0n) is 10.5. The molecule has 0 bridgehead atoms. The van der Waals surface area contributed by atoms with Crippen LogP contribution in [0.3, 0.4) is 0 Å². The summed E-state index contributed by atoms with van der Waals surface area (Å²) in [6, 6.07) is 4.64. The number of para-hydroxylation sites is 1. The van der Waals surface area contributed by atoms with Gasteiger partial charge in [-0.15, -0.1) is 6.42 Å². The Hall–Kier alpha value is -2.22. The molecule has 0 heterocycles. The predicted octanol–water partition coefficient (Wildman–Crippen LogP) is 2.82. The molecule has 96 valence electrons. The molecule has 0 amide bonds. The zero-order chi connectivity index (χ0) is 13.5. The molecular formula is C13H16N2O3. The van der Waals surface area contributed by atoms with Gasteiger partial charge in [-0.2, -0.15) is 0 Å². The molecule has 0 aliphatic carbocycles. The monoisotopic (exact) mass is 248 g/mol. The summed E-state index contributed by atoms with van der Waals surface area (Å²) in [7, 11) is 1.40. The summed E-state index contributed by atoms with van der Waals surface area (Å²) < 4.78 is 4.99. The number of hydrogen-bond donors (Lipinski definition) is 1. The lowest BCUT2D eigenvalue weighted by Gasteiger charge is -2.14. The van der Waals surface area contributed by atoms with Crippen LogP contribution in [0.5, 0.6) is 5.75 Å². The number of nitrogens with one attached hydrogen (secondary N) is 1. The highest BCUT2D eigenvalue weighted by Gasteiger charge is 2.21. The normalized spacial score (nSPS) is 11.4. The Bertz CT molecular complexity index is 466. The predicted molar refractivity (Wildman–Crippen MR) is 70.8 cm³/mol. The van der Waals surface area contributed by atoms with Crippen LogP contribution >= 0.6 is 0 Å². The van der Waals surface area contributed by atoms with Crippen molar-refractivity contribution in [3.05, 3.63) is 28.3 Å². The second kappa shape index (κ2) is 6.50. The number of ether oxygens (including phenoxy) is 1. The van der Waals surface area contributed by atoms with Gasteiger partial charge in [-0.25, -0.2) is 0 Å². The number of nitrogens with zero attached hydrogens (tertiary/aromatic N) is 1. The molecule has 0 fully saturated rings. The van der Waals surface area contributed by atoms with E-state index in [0.29, 0.717) is 5.69 Å². The SMILES string of the molecule is C#CC(CCC)Nc1cccc(OC)c1[N+](=O)[O-]. The summed E-state index contributed by atoms with van der Waals surface area (Å²) in [6.45, 7) is 2.01. The largest absolute Gasteiger partial charge is 0.490 e. The van der Waals surface area contributed by atoms with E-state index in [1.54, 1.807) is 18.2 Å². The van der Waals surface area contributed by atoms with E-state index in [9.17, 15) is 10.1 Å². The Morgan fingerprint density at radius 1 is 1.61 bits per heavy atom. The minimum absolute atomic E-state index is 0.0867. The summed E-state index contributed by atoms with van der Waals surface area (Å²) in [4.78, 5) is 10.6. The molecule has 1 unspecified atom stereocenters. The van der Waals surface area contributed by atoms with Crippen molar-refractivity contribution in [1.29, 1.82) is 0 Å². The van der Waals surface area contributed by atoms with Gasteiger partial charge in [0.2, 0.25) is 0 Å². The van der Waals surface area contributed by atoms with Crippen molar-refractivity contribution in [3.8, 4) is 18.1 Å². The number of benzene rings is 1. The quantitative estimate of drug-likeness (QED) is 0.477. The number of rotatable bonds is 6. The molecule has 18 heavy (non-hydrogen) atoms. The van der Waals surface area contributed by atoms with Gasteiger partial charge in [0.05, 0.1) is 18.1 Å². The van der Waals surface area contributed by atoms with Crippen LogP contribution in [-0.2, 0) is 0 Å². The first-order valence-electron chi connectivity index (χ1n) is 5.68. The summed E-state index contributed by atoms with van der Waals surface area (Å²) >= 11 is 0. The van der Waals surface area contributed by atoms with E-state index in [1.165, 1.54) is 7.11 Å². The molecule has 0 saturated carbocycles. The lowest BCUT2D eigenvalue weighted by Crippen LogP contribution is -2.17. The van der Waals surface area contributed by atoms with Crippen LogP contribution in [0.25, 0.3) is 0 Å². The Morgan fingerprint density at radius 2 is 2.33 bits per heavy atom. The standard InChI is InChI=1S/C13H16N2O3/c1-4-7-10(5-2)14-11-8-6-9-12(18-3)13(11)15(16)17/h2,6,8-10,14H,4,7H2,1,3H3. The van der Waals surface area contributed by atoms with Gasteiger partial charge in [-0.05, 0) is 18.6 Å². The molecule has 1 atom stereocenters. The van der Waals surface area contributed by atoms with E-state index in [1.807, 2.05) is 6.92 Å². The lowest BCUT2D eigenvalue weighted by atomic mass is 10.1. The Kier molecular flexibility index (Phi) is 5.00. The highest BCUT2D eigenvalue weighted by molar-refractivity contribution is 5.69. The molecule has 0 aromatic heterocycles. The minimum Gasteiger partial charge on any atom is -0.490 e. The summed E-state index contributed by atoms with van der Waals surface area (Å²) in [5.74, 6) is 2.80. The van der Waals surface area contributed by atoms with Gasteiger partial charge in [0.15, 0.2) is 5.75 Å². The Balaban J connectivity index is 3.08. The van der Waals surface area contributed by atoms with Gasteiger partial charge in [0, 0.05) is 0 Å². The number of terminal acetylenes is 1. The fourth-order valence-electron chi connectivity index (χ4n) is 1.67. The molecule has 5 heteroatoms. The van der Waals surface area contributed by atoms with E-state index in [4.69, 9.17) is 11.2 Å². The second-order valence-electron chi connectivity index (χ2n) is 3.77. The van der Waals surface area contributed by atoms with Gasteiger partial charge in [0.1, 0.15) is 5.69 Å². The number of nitro benzene ring substituents is 1. The third kappa shape index (κ3) is 3.14. The smallest absolute Gasteiger partial charge is 0.333 e. The highest BCUT2D eigenvalue weighted by atomic mass is 16.6. The number of anilines is 1. The van der Waals surface area contributed by atoms with E-state index in [0.717, 1.165) is 12.8 Å². The first-order chi connectivity index (χ1) is 8.63. The van der Waals surface area contributed by atoms with Crippen molar-refractivity contribution in [2.24, 2.45) is 0 Å². The van der Waals surface area contributed by atoms with Crippen molar-refractivity contribution in [2.45, 2.75) is 25.8 Å². The fraction of sp³-hybridized carbons (Fsp3) is 0.385. The summed E-state index contributed by atoms with van der Waals surface area (Å²) in [6.07, 6.45) is 7.05. The third-order valence-corrected chi connectivity index (χ3v) is 2.51. The van der Waals surface area contributed by atoms with Crippen LogP contribution < -0.4 is 10.1 Å². The molecular weight excluding hydrogens is 232 g/mol. The molecule has 1 aromatic carbocycles. The fourth-order valence-corrected chi connectivity index (χ4v) is 1.67. The molecule has 0 aliphatic rings. The van der Waals surface area contributed by atoms with Crippen molar-refractivity contribution in [2.75, 3.05) is 12.4 Å².